The highest BCUT2D eigenvalue weighted by atomic mass is 16.7. The molecule has 5 nitrogen and oxygen atoms in total. The molecule has 1 saturated heterocycles. The predicted octanol–water partition coefficient (Wildman–Crippen LogP) is 2.89. The number of piperidine rings is 1. The van der Waals surface area contributed by atoms with Crippen molar-refractivity contribution in [1.82, 2.24) is 4.90 Å². The highest BCUT2D eigenvalue weighted by molar-refractivity contribution is 6.05. The van der Waals surface area contributed by atoms with Gasteiger partial charge in [-0.1, -0.05) is 36.9 Å². The van der Waals surface area contributed by atoms with E-state index in [0.717, 1.165) is 19.3 Å². The van der Waals surface area contributed by atoms with Gasteiger partial charge in [-0.3, -0.25) is 0 Å². The van der Waals surface area contributed by atoms with E-state index in [0.29, 0.717) is 18.7 Å². The van der Waals surface area contributed by atoms with Gasteiger partial charge in [0.05, 0.1) is 5.16 Å². The van der Waals surface area contributed by atoms with Crippen LogP contribution >= 0.6 is 0 Å². The molecule has 0 saturated carbocycles. The smallest absolute Gasteiger partial charge is 0.357 e. The summed E-state index contributed by atoms with van der Waals surface area (Å²) >= 11 is 0. The fraction of sp³-hybridized carbons (Fsp3) is 0.357. The highest BCUT2D eigenvalue weighted by Crippen LogP contribution is 2.10. The zero-order valence-electron chi connectivity index (χ0n) is 10.6. The van der Waals surface area contributed by atoms with Crippen molar-refractivity contribution in [2.24, 2.45) is 5.16 Å². The summed E-state index contributed by atoms with van der Waals surface area (Å²) in [6, 6.07) is 8.98. The molecule has 19 heavy (non-hydrogen) atoms. The standard InChI is InChI=1S/C14H15N3O2/c1-15-13(12-8-4-2-5-9-12)16-19-14(18)17-10-6-3-7-11-17/h2,4-5,8-9H,3,6-7,10-11H2. The van der Waals surface area contributed by atoms with Gasteiger partial charge in [0.1, 0.15) is 0 Å². The number of likely N-dealkylation sites (tertiary alicyclic amines) is 1. The molecule has 1 amide bonds. The zero-order chi connectivity index (χ0) is 13.5. The Bertz CT molecular complexity index is 499. The van der Waals surface area contributed by atoms with E-state index in [1.54, 1.807) is 17.0 Å². The maximum atomic E-state index is 11.7. The van der Waals surface area contributed by atoms with Crippen molar-refractivity contribution < 1.29 is 9.63 Å². The van der Waals surface area contributed by atoms with Gasteiger partial charge in [-0.2, -0.15) is 0 Å². The Balaban J connectivity index is 2.00. The monoisotopic (exact) mass is 257 g/mol. The minimum atomic E-state index is -0.475. The van der Waals surface area contributed by atoms with Crippen LogP contribution < -0.4 is 0 Å². The first-order chi connectivity index (χ1) is 9.31. The first-order valence-electron chi connectivity index (χ1n) is 6.28. The molecule has 0 bridgehead atoms. The van der Waals surface area contributed by atoms with Crippen LogP contribution in [0.1, 0.15) is 24.8 Å². The fourth-order valence-corrected chi connectivity index (χ4v) is 1.94. The molecule has 1 heterocycles. The normalized spacial score (nSPS) is 15.7. The highest BCUT2D eigenvalue weighted by Gasteiger charge is 2.20. The van der Waals surface area contributed by atoms with Crippen LogP contribution in [0.4, 0.5) is 4.79 Å². The third-order valence-corrected chi connectivity index (χ3v) is 2.96. The van der Waals surface area contributed by atoms with Crippen LogP contribution in [0, 0.1) is 6.57 Å². The van der Waals surface area contributed by atoms with Crippen molar-refractivity contribution in [2.75, 3.05) is 13.1 Å². The Morgan fingerprint density at radius 1 is 1.21 bits per heavy atom. The van der Waals surface area contributed by atoms with Crippen molar-refractivity contribution in [3.05, 3.63) is 47.3 Å². The third kappa shape index (κ3) is 3.55. The summed E-state index contributed by atoms with van der Waals surface area (Å²) in [5, 5.41) is 3.66. The topological polar surface area (TPSA) is 46.3 Å². The van der Waals surface area contributed by atoms with Gasteiger partial charge in [-0.15, -0.1) is 0 Å². The van der Waals surface area contributed by atoms with Crippen LogP contribution in [0.5, 0.6) is 0 Å². The van der Waals surface area contributed by atoms with Gasteiger partial charge < -0.3 is 9.74 Å². The lowest BCUT2D eigenvalue weighted by molar-refractivity contribution is 0.0983. The van der Waals surface area contributed by atoms with Gasteiger partial charge in [0.2, 0.25) is 0 Å². The van der Waals surface area contributed by atoms with E-state index in [4.69, 9.17) is 11.4 Å². The molecule has 98 valence electrons. The molecule has 0 spiro atoms. The number of amides is 1. The van der Waals surface area contributed by atoms with E-state index in [2.05, 4.69) is 10.0 Å². The molecule has 0 atom stereocenters. The number of amidine groups is 1. The summed E-state index contributed by atoms with van der Waals surface area (Å²) in [5.41, 5.74) is 0.643. The van der Waals surface area contributed by atoms with Crippen LogP contribution in [0.3, 0.4) is 0 Å². The van der Waals surface area contributed by atoms with Gasteiger partial charge in [-0.25, -0.2) is 9.63 Å². The largest absolute Gasteiger partial charge is 0.458 e. The first-order valence-corrected chi connectivity index (χ1v) is 6.28. The summed E-state index contributed by atoms with van der Waals surface area (Å²) in [6.07, 6.45) is 2.65. The average molecular weight is 257 g/mol. The second-order valence-electron chi connectivity index (χ2n) is 4.30. The molecule has 0 aromatic heterocycles. The first kappa shape index (κ1) is 13.1. The van der Waals surface area contributed by atoms with Crippen LogP contribution in [-0.2, 0) is 4.84 Å². The van der Waals surface area contributed by atoms with Gasteiger partial charge in [-0.05, 0) is 19.3 Å². The maximum absolute atomic E-state index is 11.7. The number of nitrogens with zero attached hydrogens (tertiary/aromatic N) is 3. The second-order valence-corrected chi connectivity index (χ2v) is 4.30. The molecule has 0 unspecified atom stereocenters. The molecule has 1 aliphatic rings. The van der Waals surface area contributed by atoms with E-state index in [-0.39, 0.29) is 5.84 Å². The maximum Gasteiger partial charge on any atom is 0.458 e. The van der Waals surface area contributed by atoms with E-state index >= 15 is 0 Å². The van der Waals surface area contributed by atoms with Crippen molar-refractivity contribution in [3.63, 3.8) is 0 Å². The summed E-state index contributed by atoms with van der Waals surface area (Å²) in [7, 11) is 0. The SMILES string of the molecule is [C-]#[N+]C(=NOC(=O)N1CCCCC1)c1ccccc1. The lowest BCUT2D eigenvalue weighted by Crippen LogP contribution is -2.35. The van der Waals surface area contributed by atoms with Gasteiger partial charge in [0.15, 0.2) is 0 Å². The predicted molar refractivity (Wildman–Crippen MR) is 71.5 cm³/mol. The molecule has 1 aromatic carbocycles. The van der Waals surface area contributed by atoms with Crippen LogP contribution in [-0.4, -0.2) is 29.9 Å². The fourth-order valence-electron chi connectivity index (χ4n) is 1.94. The molecule has 0 N–H and O–H groups in total. The number of carbonyl (C=O) groups excluding carboxylic acids is 1. The van der Waals surface area contributed by atoms with Crippen LogP contribution in [0.15, 0.2) is 35.5 Å². The van der Waals surface area contributed by atoms with E-state index in [1.165, 1.54) is 0 Å². The summed E-state index contributed by atoms with van der Waals surface area (Å²) < 4.78 is 0. The van der Waals surface area contributed by atoms with Crippen LogP contribution in [0.2, 0.25) is 0 Å². The molecule has 1 aromatic rings. The minimum Gasteiger partial charge on any atom is -0.357 e. The summed E-state index contributed by atoms with van der Waals surface area (Å²) in [4.78, 5) is 21.5. The number of benzene rings is 1. The Morgan fingerprint density at radius 2 is 1.89 bits per heavy atom. The van der Waals surface area contributed by atoms with Crippen molar-refractivity contribution in [2.45, 2.75) is 19.3 Å². The number of oxime groups is 1. The second kappa shape index (κ2) is 6.55. The summed E-state index contributed by atoms with van der Waals surface area (Å²) in [5.74, 6) is 0.0889. The lowest BCUT2D eigenvalue weighted by atomic mass is 10.1. The Morgan fingerprint density at radius 3 is 2.53 bits per heavy atom. The van der Waals surface area contributed by atoms with Gasteiger partial charge >= 0.3 is 11.9 Å². The molecule has 1 aliphatic heterocycles. The van der Waals surface area contributed by atoms with Crippen molar-refractivity contribution in [1.29, 1.82) is 0 Å². The van der Waals surface area contributed by atoms with E-state index in [1.807, 2.05) is 18.2 Å². The lowest BCUT2D eigenvalue weighted by Gasteiger charge is -2.23. The van der Waals surface area contributed by atoms with Gasteiger partial charge in [0, 0.05) is 18.7 Å². The molecule has 0 radical (unpaired) electrons. The molecule has 1 fully saturated rings. The zero-order valence-corrected chi connectivity index (χ0v) is 10.6. The van der Waals surface area contributed by atoms with Crippen LogP contribution in [0.25, 0.3) is 4.85 Å². The minimum absolute atomic E-state index is 0.0889. The molecule has 2 rings (SSSR count). The number of hydrogen-bond donors (Lipinski definition) is 0. The van der Waals surface area contributed by atoms with Gasteiger partial charge in [0.25, 0.3) is 0 Å². The van der Waals surface area contributed by atoms with E-state index in [9.17, 15) is 4.79 Å². The van der Waals surface area contributed by atoms with Crippen molar-refractivity contribution in [3.8, 4) is 0 Å². The van der Waals surface area contributed by atoms with Crippen molar-refractivity contribution >= 4 is 11.9 Å². The quantitative estimate of drug-likeness (QED) is 0.269. The van der Waals surface area contributed by atoms with E-state index < -0.39 is 6.09 Å². The molecular formula is C14H15N3O2. The average Bonchev–Trinajstić information content (AvgIpc) is 2.49. The molecule has 5 heteroatoms. The Labute approximate surface area is 112 Å². The molecular weight excluding hydrogens is 242 g/mol. The number of hydrogen-bond acceptors (Lipinski definition) is 3. The summed E-state index contributed by atoms with van der Waals surface area (Å²) in [6.45, 7) is 8.48. The Hall–Kier alpha value is -2.35. The Kier molecular flexibility index (Phi) is 4.51. The number of rotatable bonds is 2. The number of carbonyl (C=O) groups is 1. The third-order valence-electron chi connectivity index (χ3n) is 2.96. The molecule has 0 aliphatic carbocycles.